The quantitative estimate of drug-likeness (QED) is 0.622. The fraction of sp³-hybridized carbons (Fsp3) is 0.560. The SMILES string of the molecule is CCNC(=O)N1CCN(CC2=C(C(=O)OCC)[C@@H](c3ccc(C)cc3C)NC(=O)N2C)C[C@H]1C. The number of rotatable bonds is 6. The van der Waals surface area contributed by atoms with E-state index in [2.05, 4.69) is 15.5 Å². The lowest BCUT2D eigenvalue weighted by molar-refractivity contribution is -0.139. The van der Waals surface area contributed by atoms with Crippen molar-refractivity contribution in [3.8, 4) is 0 Å². The van der Waals surface area contributed by atoms with Crippen LogP contribution in [0.25, 0.3) is 0 Å². The van der Waals surface area contributed by atoms with Gasteiger partial charge in [0.25, 0.3) is 0 Å². The van der Waals surface area contributed by atoms with E-state index in [9.17, 15) is 14.4 Å². The molecule has 2 aliphatic heterocycles. The van der Waals surface area contributed by atoms with Crippen molar-refractivity contribution in [2.45, 2.75) is 46.7 Å². The van der Waals surface area contributed by atoms with Crippen LogP contribution in [-0.4, -0.2) is 85.2 Å². The van der Waals surface area contributed by atoms with Gasteiger partial charge in [-0.05, 0) is 45.7 Å². The average Bonchev–Trinajstić information content (AvgIpc) is 2.77. The molecule has 186 valence electrons. The second-order valence-electron chi connectivity index (χ2n) is 9.00. The second-order valence-corrected chi connectivity index (χ2v) is 9.00. The van der Waals surface area contributed by atoms with E-state index in [1.807, 2.05) is 50.8 Å². The molecule has 2 N–H and O–H groups in total. The zero-order chi connectivity index (χ0) is 25.0. The highest BCUT2D eigenvalue weighted by Crippen LogP contribution is 2.33. The topological polar surface area (TPSA) is 94.2 Å². The third-order valence-corrected chi connectivity index (χ3v) is 6.48. The van der Waals surface area contributed by atoms with E-state index < -0.39 is 12.0 Å². The molecule has 1 saturated heterocycles. The second kappa shape index (κ2) is 10.9. The van der Waals surface area contributed by atoms with Gasteiger partial charge in [0.05, 0.1) is 18.2 Å². The minimum atomic E-state index is -0.590. The van der Waals surface area contributed by atoms with E-state index in [-0.39, 0.29) is 24.7 Å². The maximum absolute atomic E-state index is 13.2. The fourth-order valence-corrected chi connectivity index (χ4v) is 4.72. The Hall–Kier alpha value is -3.07. The Morgan fingerprint density at radius 2 is 1.94 bits per heavy atom. The highest BCUT2D eigenvalue weighted by Gasteiger charge is 2.38. The molecule has 4 amide bonds. The Bertz CT molecular complexity index is 976. The minimum absolute atomic E-state index is 0.00445. The molecule has 0 aliphatic carbocycles. The van der Waals surface area contributed by atoms with Crippen LogP contribution in [0.4, 0.5) is 9.59 Å². The number of carbonyl (C=O) groups excluding carboxylic acids is 3. The zero-order valence-electron chi connectivity index (χ0n) is 21.1. The highest BCUT2D eigenvalue weighted by molar-refractivity contribution is 5.95. The molecule has 3 rings (SSSR count). The van der Waals surface area contributed by atoms with E-state index in [1.54, 1.807) is 14.0 Å². The van der Waals surface area contributed by atoms with Crippen molar-refractivity contribution < 1.29 is 19.1 Å². The molecular weight excluding hydrogens is 434 g/mol. The first kappa shape index (κ1) is 25.6. The number of nitrogens with one attached hydrogen (secondary N) is 2. The van der Waals surface area contributed by atoms with Crippen LogP contribution in [0.3, 0.4) is 0 Å². The van der Waals surface area contributed by atoms with Crippen molar-refractivity contribution in [2.75, 3.05) is 46.4 Å². The Labute approximate surface area is 202 Å². The summed E-state index contributed by atoms with van der Waals surface area (Å²) in [7, 11) is 1.68. The van der Waals surface area contributed by atoms with Crippen molar-refractivity contribution in [3.63, 3.8) is 0 Å². The van der Waals surface area contributed by atoms with Crippen molar-refractivity contribution in [3.05, 3.63) is 46.2 Å². The number of nitrogens with zero attached hydrogens (tertiary/aromatic N) is 3. The van der Waals surface area contributed by atoms with Gasteiger partial charge >= 0.3 is 18.0 Å². The minimum Gasteiger partial charge on any atom is -0.463 e. The van der Waals surface area contributed by atoms with Gasteiger partial charge in [-0.3, -0.25) is 9.80 Å². The van der Waals surface area contributed by atoms with E-state index in [0.717, 1.165) is 16.7 Å². The summed E-state index contributed by atoms with van der Waals surface area (Å²) in [6, 6.07) is 5.08. The van der Waals surface area contributed by atoms with E-state index >= 15 is 0 Å². The maximum atomic E-state index is 13.2. The Kier molecular flexibility index (Phi) is 8.19. The van der Waals surface area contributed by atoms with Crippen LogP contribution in [0.5, 0.6) is 0 Å². The van der Waals surface area contributed by atoms with Crippen LogP contribution < -0.4 is 10.6 Å². The van der Waals surface area contributed by atoms with Gasteiger partial charge in [0.2, 0.25) is 0 Å². The van der Waals surface area contributed by atoms with Crippen molar-refractivity contribution >= 4 is 18.0 Å². The summed E-state index contributed by atoms with van der Waals surface area (Å²) in [5, 5.41) is 5.85. The first-order valence-corrected chi connectivity index (χ1v) is 12.0. The van der Waals surface area contributed by atoms with Gasteiger partial charge in [-0.1, -0.05) is 23.8 Å². The number of hydrogen-bond acceptors (Lipinski definition) is 5. The largest absolute Gasteiger partial charge is 0.463 e. The van der Waals surface area contributed by atoms with Gasteiger partial charge in [-0.15, -0.1) is 0 Å². The number of likely N-dealkylation sites (N-methyl/N-ethyl adjacent to an activating group) is 1. The van der Waals surface area contributed by atoms with Crippen LogP contribution in [-0.2, 0) is 9.53 Å². The molecule has 2 heterocycles. The van der Waals surface area contributed by atoms with Crippen molar-refractivity contribution in [1.82, 2.24) is 25.3 Å². The lowest BCUT2D eigenvalue weighted by atomic mass is 9.90. The summed E-state index contributed by atoms with van der Waals surface area (Å²) in [6.07, 6.45) is 0. The Morgan fingerprint density at radius 3 is 2.56 bits per heavy atom. The van der Waals surface area contributed by atoms with Gasteiger partial charge in [0, 0.05) is 51.5 Å². The van der Waals surface area contributed by atoms with E-state index in [4.69, 9.17) is 4.74 Å². The molecule has 0 spiro atoms. The summed E-state index contributed by atoms with van der Waals surface area (Å²) in [4.78, 5) is 44.0. The number of urea groups is 2. The fourth-order valence-electron chi connectivity index (χ4n) is 4.72. The molecule has 1 fully saturated rings. The molecule has 0 radical (unpaired) electrons. The number of esters is 1. The van der Waals surface area contributed by atoms with E-state index in [1.165, 1.54) is 4.90 Å². The zero-order valence-corrected chi connectivity index (χ0v) is 21.1. The number of benzene rings is 1. The third kappa shape index (κ3) is 5.35. The van der Waals surface area contributed by atoms with Crippen molar-refractivity contribution in [1.29, 1.82) is 0 Å². The van der Waals surface area contributed by atoms with Gasteiger partial charge in [0.15, 0.2) is 0 Å². The van der Waals surface area contributed by atoms with Gasteiger partial charge < -0.3 is 20.3 Å². The Balaban J connectivity index is 1.96. The number of piperazine rings is 1. The summed E-state index contributed by atoms with van der Waals surface area (Å²) in [5.41, 5.74) is 4.07. The number of ether oxygens (including phenoxy) is 1. The van der Waals surface area contributed by atoms with Gasteiger partial charge in [0.1, 0.15) is 0 Å². The van der Waals surface area contributed by atoms with Crippen LogP contribution in [0.2, 0.25) is 0 Å². The van der Waals surface area contributed by atoms with Crippen molar-refractivity contribution in [2.24, 2.45) is 0 Å². The summed E-state index contributed by atoms with van der Waals surface area (Å²) in [5.74, 6) is -0.427. The first-order valence-electron chi connectivity index (χ1n) is 12.0. The predicted molar refractivity (Wildman–Crippen MR) is 130 cm³/mol. The van der Waals surface area contributed by atoms with Crippen LogP contribution in [0.1, 0.15) is 43.5 Å². The smallest absolute Gasteiger partial charge is 0.338 e. The number of amides is 4. The molecule has 0 saturated carbocycles. The molecule has 2 atom stereocenters. The molecule has 1 aromatic rings. The average molecular weight is 472 g/mol. The highest BCUT2D eigenvalue weighted by atomic mass is 16.5. The summed E-state index contributed by atoms with van der Waals surface area (Å²) in [6.45, 7) is 12.8. The molecule has 0 bridgehead atoms. The predicted octanol–water partition coefficient (Wildman–Crippen LogP) is 2.55. The summed E-state index contributed by atoms with van der Waals surface area (Å²) >= 11 is 0. The molecule has 1 aromatic carbocycles. The molecule has 2 aliphatic rings. The van der Waals surface area contributed by atoms with Crippen LogP contribution in [0, 0.1) is 13.8 Å². The maximum Gasteiger partial charge on any atom is 0.338 e. The van der Waals surface area contributed by atoms with Crippen LogP contribution >= 0.6 is 0 Å². The third-order valence-electron chi connectivity index (χ3n) is 6.48. The first-order chi connectivity index (χ1) is 16.2. The number of aryl methyl sites for hydroxylation is 2. The lowest BCUT2D eigenvalue weighted by Gasteiger charge is -2.42. The lowest BCUT2D eigenvalue weighted by Crippen LogP contribution is -2.57. The monoisotopic (exact) mass is 471 g/mol. The Morgan fingerprint density at radius 1 is 1.21 bits per heavy atom. The molecule has 0 unspecified atom stereocenters. The normalized spacial score (nSPS) is 21.4. The van der Waals surface area contributed by atoms with E-state index in [0.29, 0.717) is 44.0 Å². The number of carbonyl (C=O) groups is 3. The molecule has 9 heteroatoms. The number of hydrogen-bond donors (Lipinski definition) is 2. The van der Waals surface area contributed by atoms with Gasteiger partial charge in [-0.25, -0.2) is 14.4 Å². The van der Waals surface area contributed by atoms with Gasteiger partial charge in [-0.2, -0.15) is 0 Å². The molecule has 34 heavy (non-hydrogen) atoms. The van der Waals surface area contributed by atoms with Crippen LogP contribution in [0.15, 0.2) is 29.5 Å². The molecular formula is C25H37N5O4. The summed E-state index contributed by atoms with van der Waals surface area (Å²) < 4.78 is 5.44. The molecule has 9 nitrogen and oxygen atoms in total. The molecule has 0 aromatic heterocycles. The standard InChI is InChI=1S/C25H37N5O4/c1-7-26-24(32)30-12-11-29(14-18(30)5)15-20-21(23(31)34-8-2)22(27-25(33)28(20)6)19-10-9-16(3)13-17(19)4/h9-10,13,18,22H,7-8,11-12,14-15H2,1-6H3,(H,26,32)(H,27,33)/t18-,22-/m1/s1.